The van der Waals surface area contributed by atoms with Gasteiger partial charge < -0.3 is 10.2 Å². The summed E-state index contributed by atoms with van der Waals surface area (Å²) in [4.78, 5) is 0. The molecule has 0 heterocycles. The Bertz CT molecular complexity index is 312. The molecule has 0 saturated carbocycles. The third kappa shape index (κ3) is 4.49. The third-order valence-electron chi connectivity index (χ3n) is 2.28. The molecule has 1 aromatic rings. The van der Waals surface area contributed by atoms with Crippen LogP contribution in [-0.4, -0.2) is 14.9 Å². The van der Waals surface area contributed by atoms with Crippen molar-refractivity contribution in [2.24, 2.45) is 0 Å². The van der Waals surface area contributed by atoms with E-state index in [2.05, 4.69) is 26.1 Å². The van der Waals surface area contributed by atoms with Gasteiger partial charge >= 0.3 is 0 Å². The van der Waals surface area contributed by atoms with E-state index in [0.29, 0.717) is 0 Å². The molecule has 0 saturated heterocycles. The Labute approximate surface area is 93.6 Å². The predicted molar refractivity (Wildman–Crippen MR) is 68.3 cm³/mol. The molecule has 0 aromatic heterocycles. The van der Waals surface area contributed by atoms with Crippen LogP contribution in [0, 0.1) is 0 Å². The lowest BCUT2D eigenvalue weighted by atomic mass is 10.2. The molecule has 0 atom stereocenters. The molecule has 0 unspecified atom stereocenters. The summed E-state index contributed by atoms with van der Waals surface area (Å²) in [6.07, 6.45) is 1.09. The Kier molecular flexibility index (Phi) is 4.36. The van der Waals surface area contributed by atoms with Gasteiger partial charge in [0.2, 0.25) is 0 Å². The summed E-state index contributed by atoms with van der Waals surface area (Å²) >= 11 is 0. The molecule has 1 aromatic carbocycles. The highest BCUT2D eigenvalue weighted by Crippen LogP contribution is 2.15. The molecule has 3 heteroatoms. The van der Waals surface area contributed by atoms with Gasteiger partial charge in [-0.15, -0.1) is 0 Å². The summed E-state index contributed by atoms with van der Waals surface area (Å²) in [6.45, 7) is 7.53. The van der Waals surface area contributed by atoms with Crippen molar-refractivity contribution in [3.05, 3.63) is 29.8 Å². The van der Waals surface area contributed by atoms with Gasteiger partial charge in [0.25, 0.3) is 0 Å². The van der Waals surface area contributed by atoms with Crippen molar-refractivity contribution in [1.29, 1.82) is 0 Å². The van der Waals surface area contributed by atoms with Crippen molar-refractivity contribution in [3.8, 4) is 0 Å². The first-order valence-corrected chi connectivity index (χ1v) is 8.63. The van der Waals surface area contributed by atoms with E-state index in [0.717, 1.165) is 24.8 Å². The molecular weight excluding hydrogens is 202 g/mol. The van der Waals surface area contributed by atoms with Gasteiger partial charge in [-0.2, -0.15) is 0 Å². The van der Waals surface area contributed by atoms with Gasteiger partial charge in [-0.1, -0.05) is 19.1 Å². The van der Waals surface area contributed by atoms with Crippen LogP contribution in [-0.2, 0) is 10.5 Å². The van der Waals surface area contributed by atoms with Crippen molar-refractivity contribution in [2.45, 2.75) is 32.5 Å². The molecule has 0 aliphatic heterocycles. The van der Waals surface area contributed by atoms with Gasteiger partial charge in [-0.05, 0) is 43.3 Å². The van der Waals surface area contributed by atoms with Crippen LogP contribution < -0.4 is 5.73 Å². The fraction of sp³-hybridized carbons (Fsp3) is 0.500. The number of nitrogen functional groups attached to an aromatic ring is 1. The topological polar surface area (TPSA) is 35.2 Å². The van der Waals surface area contributed by atoms with Crippen molar-refractivity contribution in [2.75, 3.05) is 12.3 Å². The molecule has 0 aliphatic carbocycles. The zero-order valence-electron chi connectivity index (χ0n) is 9.92. The first kappa shape index (κ1) is 12.3. The summed E-state index contributed by atoms with van der Waals surface area (Å²) in [5.41, 5.74) is 7.89. The molecule has 15 heavy (non-hydrogen) atoms. The smallest absolute Gasteiger partial charge is 0.190 e. The Morgan fingerprint density at radius 3 is 2.67 bits per heavy atom. The van der Waals surface area contributed by atoms with Gasteiger partial charge in [0.05, 0.1) is 0 Å². The second kappa shape index (κ2) is 5.33. The molecule has 84 valence electrons. The van der Waals surface area contributed by atoms with Gasteiger partial charge in [0.15, 0.2) is 8.32 Å². The molecule has 0 amide bonds. The first-order chi connectivity index (χ1) is 7.03. The Balaban J connectivity index is 2.60. The first-order valence-electron chi connectivity index (χ1n) is 5.52. The summed E-state index contributed by atoms with van der Waals surface area (Å²) in [5, 5.41) is 0. The SMILES string of the molecule is CCCO[Si](C)(C)Cc1cccc(N)c1. The lowest BCUT2D eigenvalue weighted by Gasteiger charge is -2.22. The largest absolute Gasteiger partial charge is 0.417 e. The molecule has 0 radical (unpaired) electrons. The van der Waals surface area contributed by atoms with Gasteiger partial charge in [0.1, 0.15) is 0 Å². The van der Waals surface area contributed by atoms with Crippen LogP contribution in [0.3, 0.4) is 0 Å². The third-order valence-corrected chi connectivity index (χ3v) is 4.52. The average Bonchev–Trinajstić information content (AvgIpc) is 2.14. The number of hydrogen-bond acceptors (Lipinski definition) is 2. The number of rotatable bonds is 5. The minimum Gasteiger partial charge on any atom is -0.417 e. The minimum absolute atomic E-state index is 0.841. The highest BCUT2D eigenvalue weighted by molar-refractivity contribution is 6.70. The quantitative estimate of drug-likeness (QED) is 0.615. The fourth-order valence-corrected chi connectivity index (χ4v) is 3.69. The lowest BCUT2D eigenvalue weighted by molar-refractivity contribution is 0.306. The zero-order chi connectivity index (χ0) is 11.3. The van der Waals surface area contributed by atoms with Crippen LogP contribution in [0.1, 0.15) is 18.9 Å². The van der Waals surface area contributed by atoms with Crippen molar-refractivity contribution >= 4 is 14.0 Å². The standard InChI is InChI=1S/C12H21NOSi/c1-4-8-14-15(2,3)10-11-6-5-7-12(13)9-11/h5-7,9H,4,8,10,13H2,1-3H3. The number of benzene rings is 1. The van der Waals surface area contributed by atoms with E-state index in [1.54, 1.807) is 0 Å². The van der Waals surface area contributed by atoms with Gasteiger partial charge in [-0.3, -0.25) is 0 Å². The van der Waals surface area contributed by atoms with Crippen molar-refractivity contribution in [1.82, 2.24) is 0 Å². The van der Waals surface area contributed by atoms with Crippen LogP contribution in [0.25, 0.3) is 0 Å². The van der Waals surface area contributed by atoms with Crippen LogP contribution >= 0.6 is 0 Å². The molecule has 0 aliphatic rings. The molecule has 2 nitrogen and oxygen atoms in total. The summed E-state index contributed by atoms with van der Waals surface area (Å²) in [6, 6.07) is 9.14. The molecule has 0 spiro atoms. The highest BCUT2D eigenvalue weighted by Gasteiger charge is 2.22. The summed E-state index contributed by atoms with van der Waals surface area (Å²) < 4.78 is 5.92. The van der Waals surface area contributed by atoms with E-state index in [1.807, 2.05) is 18.2 Å². The fourth-order valence-electron chi connectivity index (χ4n) is 1.62. The summed E-state index contributed by atoms with van der Waals surface area (Å²) in [5.74, 6) is 0. The second-order valence-electron chi connectivity index (χ2n) is 4.53. The van der Waals surface area contributed by atoms with Crippen LogP contribution in [0.5, 0.6) is 0 Å². The Morgan fingerprint density at radius 2 is 2.07 bits per heavy atom. The summed E-state index contributed by atoms with van der Waals surface area (Å²) in [7, 11) is -1.54. The van der Waals surface area contributed by atoms with Gasteiger partial charge in [0, 0.05) is 12.3 Å². The van der Waals surface area contributed by atoms with E-state index in [9.17, 15) is 0 Å². The zero-order valence-corrected chi connectivity index (χ0v) is 10.9. The van der Waals surface area contributed by atoms with E-state index < -0.39 is 8.32 Å². The van der Waals surface area contributed by atoms with Gasteiger partial charge in [-0.25, -0.2) is 0 Å². The maximum Gasteiger partial charge on any atom is 0.190 e. The maximum absolute atomic E-state index is 5.92. The lowest BCUT2D eigenvalue weighted by Crippen LogP contribution is -2.34. The van der Waals surface area contributed by atoms with Crippen molar-refractivity contribution in [3.63, 3.8) is 0 Å². The molecule has 2 N–H and O–H groups in total. The highest BCUT2D eigenvalue weighted by atomic mass is 28.4. The van der Waals surface area contributed by atoms with E-state index >= 15 is 0 Å². The van der Waals surface area contributed by atoms with Crippen LogP contribution in [0.4, 0.5) is 5.69 Å². The molecule has 1 rings (SSSR count). The number of nitrogens with two attached hydrogens (primary N) is 1. The van der Waals surface area contributed by atoms with Crippen LogP contribution in [0.15, 0.2) is 24.3 Å². The van der Waals surface area contributed by atoms with Crippen molar-refractivity contribution < 1.29 is 4.43 Å². The monoisotopic (exact) mass is 223 g/mol. The minimum atomic E-state index is -1.54. The van der Waals surface area contributed by atoms with E-state index in [1.165, 1.54) is 5.56 Å². The molecule has 0 fully saturated rings. The maximum atomic E-state index is 5.92. The Morgan fingerprint density at radius 1 is 1.33 bits per heavy atom. The van der Waals surface area contributed by atoms with Crippen LogP contribution in [0.2, 0.25) is 13.1 Å². The average molecular weight is 223 g/mol. The number of hydrogen-bond donors (Lipinski definition) is 1. The Hall–Kier alpha value is -0.803. The normalized spacial score (nSPS) is 11.7. The van der Waals surface area contributed by atoms with E-state index in [-0.39, 0.29) is 0 Å². The molecule has 0 bridgehead atoms. The molecular formula is C12H21NOSi. The number of anilines is 1. The second-order valence-corrected chi connectivity index (χ2v) is 8.69. The predicted octanol–water partition coefficient (Wildman–Crippen LogP) is 2.98. The van der Waals surface area contributed by atoms with E-state index in [4.69, 9.17) is 10.2 Å².